The maximum Gasteiger partial charge on any atom is 0.250 e. The highest BCUT2D eigenvalue weighted by molar-refractivity contribution is 7.99. The van der Waals surface area contributed by atoms with E-state index in [0.29, 0.717) is 22.5 Å². The van der Waals surface area contributed by atoms with Crippen LogP contribution in [0.2, 0.25) is 0 Å². The monoisotopic (exact) mass is 503 g/mol. The molecule has 0 unspecified atom stereocenters. The molecule has 9 nitrogen and oxygen atoms in total. The number of methoxy groups -OCH3 is 3. The smallest absolute Gasteiger partial charge is 0.250 e. The number of nitrogens with zero attached hydrogens (tertiary/aromatic N) is 4. The van der Waals surface area contributed by atoms with Crippen molar-refractivity contribution in [1.82, 2.24) is 20.2 Å². The van der Waals surface area contributed by atoms with Gasteiger partial charge in [-0.1, -0.05) is 30.0 Å². The van der Waals surface area contributed by atoms with Crippen molar-refractivity contribution >= 4 is 23.9 Å². The number of ether oxygens (including phenoxy) is 3. The second-order valence-electron chi connectivity index (χ2n) is 7.40. The normalized spacial score (nSPS) is 10.9. The average Bonchev–Trinajstić information content (AvgIpc) is 3.36. The highest BCUT2D eigenvalue weighted by Crippen LogP contribution is 2.34. The summed E-state index contributed by atoms with van der Waals surface area (Å²) in [7, 11) is 4.78. The molecule has 1 N–H and O–H groups in total. The third-order valence-electron chi connectivity index (χ3n) is 5.14. The van der Waals surface area contributed by atoms with Crippen LogP contribution in [0, 0.1) is 0 Å². The Hall–Kier alpha value is -4.31. The van der Waals surface area contributed by atoms with Crippen LogP contribution in [0.3, 0.4) is 0 Å². The topological polar surface area (TPSA) is 99.9 Å². The Morgan fingerprint density at radius 1 is 0.944 bits per heavy atom. The van der Waals surface area contributed by atoms with E-state index >= 15 is 0 Å². The quantitative estimate of drug-likeness (QED) is 0.197. The molecule has 0 radical (unpaired) electrons. The number of nitrogens with one attached hydrogen (secondary N) is 1. The highest BCUT2D eigenvalue weighted by atomic mass is 32.2. The second-order valence-corrected chi connectivity index (χ2v) is 8.34. The molecule has 0 aliphatic rings. The molecule has 4 aromatic rings. The Morgan fingerprint density at radius 3 is 2.39 bits per heavy atom. The van der Waals surface area contributed by atoms with Gasteiger partial charge >= 0.3 is 0 Å². The van der Waals surface area contributed by atoms with Gasteiger partial charge in [0.05, 0.1) is 33.3 Å². The molecule has 10 heteroatoms. The van der Waals surface area contributed by atoms with Crippen molar-refractivity contribution in [3.05, 3.63) is 78.4 Å². The van der Waals surface area contributed by atoms with Gasteiger partial charge in [-0.2, -0.15) is 5.10 Å². The minimum absolute atomic E-state index is 0.108. The number of para-hydroxylation sites is 1. The van der Waals surface area contributed by atoms with Crippen molar-refractivity contribution in [3.63, 3.8) is 0 Å². The van der Waals surface area contributed by atoms with Crippen molar-refractivity contribution in [2.45, 2.75) is 5.16 Å². The Morgan fingerprint density at radius 2 is 1.69 bits per heavy atom. The van der Waals surface area contributed by atoms with Gasteiger partial charge in [0.15, 0.2) is 22.5 Å². The summed E-state index contributed by atoms with van der Waals surface area (Å²) >= 11 is 1.27. The molecule has 0 saturated heterocycles. The van der Waals surface area contributed by atoms with Gasteiger partial charge in [0.2, 0.25) is 0 Å². The SMILES string of the molecule is COc1ccc(/C=N\NC(=O)CSc2nnc(-c3ccc(OC)c(OC)c3)n2-c2ccccc2)cc1. The van der Waals surface area contributed by atoms with Crippen molar-refractivity contribution in [3.8, 4) is 34.3 Å². The van der Waals surface area contributed by atoms with E-state index in [1.54, 1.807) is 27.5 Å². The molecule has 0 atom stereocenters. The Bertz CT molecular complexity index is 1340. The Labute approximate surface area is 213 Å². The summed E-state index contributed by atoms with van der Waals surface area (Å²) in [5.74, 6) is 2.41. The third kappa shape index (κ3) is 5.84. The number of thioether (sulfide) groups is 1. The van der Waals surface area contributed by atoms with Gasteiger partial charge in [-0.05, 0) is 60.2 Å². The van der Waals surface area contributed by atoms with E-state index in [-0.39, 0.29) is 11.7 Å². The van der Waals surface area contributed by atoms with Crippen LogP contribution in [0.4, 0.5) is 0 Å². The predicted molar refractivity (Wildman–Crippen MR) is 139 cm³/mol. The summed E-state index contributed by atoms with van der Waals surface area (Å²) in [6, 6.07) is 22.6. The summed E-state index contributed by atoms with van der Waals surface area (Å²) in [4.78, 5) is 12.4. The van der Waals surface area contributed by atoms with Gasteiger partial charge in [-0.3, -0.25) is 9.36 Å². The summed E-state index contributed by atoms with van der Waals surface area (Å²) < 4.78 is 17.8. The first-order chi connectivity index (χ1) is 17.6. The maximum absolute atomic E-state index is 12.4. The molecule has 0 bridgehead atoms. The number of carbonyl (C=O) groups excluding carboxylic acids is 1. The molecule has 0 fully saturated rings. The molecule has 1 aromatic heterocycles. The van der Waals surface area contributed by atoms with Gasteiger partial charge < -0.3 is 14.2 Å². The molecule has 1 amide bonds. The zero-order valence-corrected chi connectivity index (χ0v) is 20.9. The van der Waals surface area contributed by atoms with E-state index in [1.807, 2.05) is 77.4 Å². The number of rotatable bonds is 10. The fraction of sp³-hybridized carbons (Fsp3) is 0.154. The van der Waals surface area contributed by atoms with E-state index in [4.69, 9.17) is 14.2 Å². The Kier molecular flexibility index (Phi) is 8.20. The minimum atomic E-state index is -0.264. The number of amides is 1. The van der Waals surface area contributed by atoms with Crippen LogP contribution < -0.4 is 19.6 Å². The Balaban J connectivity index is 1.51. The molecule has 0 spiro atoms. The van der Waals surface area contributed by atoms with Crippen LogP contribution in [0.25, 0.3) is 17.1 Å². The van der Waals surface area contributed by atoms with Crippen LogP contribution in [-0.4, -0.2) is 54.0 Å². The van der Waals surface area contributed by atoms with Gasteiger partial charge in [0.1, 0.15) is 5.75 Å². The summed E-state index contributed by atoms with van der Waals surface area (Å²) in [5.41, 5.74) is 5.05. The van der Waals surface area contributed by atoms with Gasteiger partial charge in [0, 0.05) is 11.3 Å². The molecule has 3 aromatic carbocycles. The van der Waals surface area contributed by atoms with Crippen LogP contribution >= 0.6 is 11.8 Å². The highest BCUT2D eigenvalue weighted by Gasteiger charge is 2.18. The fourth-order valence-corrected chi connectivity index (χ4v) is 4.11. The molecule has 1 heterocycles. The largest absolute Gasteiger partial charge is 0.497 e. The third-order valence-corrected chi connectivity index (χ3v) is 6.07. The lowest BCUT2D eigenvalue weighted by Crippen LogP contribution is -2.20. The standard InChI is InChI=1S/C26H25N5O4S/c1-33-21-12-9-18(10-13-21)16-27-28-24(32)17-36-26-30-29-25(31(26)20-7-5-4-6-8-20)19-11-14-22(34-2)23(15-19)35-3/h4-16H,17H2,1-3H3,(H,28,32)/b27-16-. The van der Waals surface area contributed by atoms with Crippen LogP contribution in [0.15, 0.2) is 83.1 Å². The molecular formula is C26H25N5O4S. The molecule has 0 aliphatic heterocycles. The van der Waals surface area contributed by atoms with Crippen LogP contribution in [0.5, 0.6) is 17.2 Å². The average molecular weight is 504 g/mol. The van der Waals surface area contributed by atoms with Gasteiger partial charge in [0.25, 0.3) is 5.91 Å². The number of aromatic nitrogens is 3. The molecular weight excluding hydrogens is 478 g/mol. The zero-order chi connectivity index (χ0) is 25.3. The lowest BCUT2D eigenvalue weighted by Gasteiger charge is -2.12. The molecule has 0 aliphatic carbocycles. The number of hydrogen-bond acceptors (Lipinski definition) is 8. The lowest BCUT2D eigenvalue weighted by molar-refractivity contribution is -0.118. The number of benzene rings is 3. The molecule has 0 saturated carbocycles. The first kappa shape index (κ1) is 24.8. The number of hydrogen-bond donors (Lipinski definition) is 1. The van der Waals surface area contributed by atoms with Gasteiger partial charge in [-0.15, -0.1) is 10.2 Å². The first-order valence-corrected chi connectivity index (χ1v) is 11.9. The van der Waals surface area contributed by atoms with E-state index in [9.17, 15) is 4.79 Å². The van der Waals surface area contributed by atoms with Crippen LogP contribution in [-0.2, 0) is 4.79 Å². The summed E-state index contributed by atoms with van der Waals surface area (Å²) in [5, 5.41) is 13.4. The minimum Gasteiger partial charge on any atom is -0.497 e. The second kappa shape index (κ2) is 11.9. The van der Waals surface area contributed by atoms with Crippen molar-refractivity contribution < 1.29 is 19.0 Å². The number of carbonyl (C=O) groups is 1. The predicted octanol–water partition coefficient (Wildman–Crippen LogP) is 4.20. The molecule has 36 heavy (non-hydrogen) atoms. The van der Waals surface area contributed by atoms with Crippen molar-refractivity contribution in [2.75, 3.05) is 27.1 Å². The fourth-order valence-electron chi connectivity index (χ4n) is 3.37. The van der Waals surface area contributed by atoms with Crippen molar-refractivity contribution in [1.29, 1.82) is 0 Å². The number of hydrazone groups is 1. The lowest BCUT2D eigenvalue weighted by atomic mass is 10.2. The first-order valence-electron chi connectivity index (χ1n) is 10.9. The van der Waals surface area contributed by atoms with Gasteiger partial charge in [-0.25, -0.2) is 5.43 Å². The zero-order valence-electron chi connectivity index (χ0n) is 20.0. The van der Waals surface area contributed by atoms with E-state index in [1.165, 1.54) is 11.8 Å². The maximum atomic E-state index is 12.4. The van der Waals surface area contributed by atoms with Crippen LogP contribution in [0.1, 0.15) is 5.56 Å². The van der Waals surface area contributed by atoms with E-state index in [0.717, 1.165) is 22.6 Å². The van der Waals surface area contributed by atoms with E-state index < -0.39 is 0 Å². The van der Waals surface area contributed by atoms with Crippen molar-refractivity contribution in [2.24, 2.45) is 5.10 Å². The summed E-state index contributed by atoms with van der Waals surface area (Å²) in [6.07, 6.45) is 1.57. The van der Waals surface area contributed by atoms with E-state index in [2.05, 4.69) is 20.7 Å². The molecule has 4 rings (SSSR count). The molecule has 184 valence electrons. The summed E-state index contributed by atoms with van der Waals surface area (Å²) in [6.45, 7) is 0.